The van der Waals surface area contributed by atoms with Gasteiger partial charge in [-0.3, -0.25) is 9.59 Å². The number of methoxy groups -OCH3 is 1. The molecule has 1 fully saturated rings. The average molecular weight is 839 g/mol. The largest absolute Gasteiger partial charge is 0.469 e. The standard InChI is InChI=1S/C51H98O8/c1-9-11-13-15-21-29-45-41-46(30-22-16-14-12-10-2)59-49(58-45)33-25-26-35-51(6,7)37-40-57-48(53)32-24-18-20-28-39-56-43-44(34-36-50(3,4)5)42-55-38-27-19-17-23-31-47(52)54-8/h44-46,49H,9-43H2,1-8H3. The third-order valence-electron chi connectivity index (χ3n) is 12.1. The molecule has 1 aliphatic heterocycles. The van der Waals surface area contributed by atoms with E-state index in [2.05, 4.69) is 48.5 Å². The zero-order valence-electron chi connectivity index (χ0n) is 40.3. The van der Waals surface area contributed by atoms with Gasteiger partial charge < -0.3 is 28.4 Å². The summed E-state index contributed by atoms with van der Waals surface area (Å²) in [5.74, 6) is 0.218. The lowest BCUT2D eigenvalue weighted by Gasteiger charge is -2.36. The molecule has 0 aliphatic carbocycles. The van der Waals surface area contributed by atoms with Gasteiger partial charge in [0.15, 0.2) is 6.29 Å². The first-order valence-electron chi connectivity index (χ1n) is 25.1. The zero-order valence-corrected chi connectivity index (χ0v) is 40.3. The Kier molecular flexibility index (Phi) is 34.3. The first-order chi connectivity index (χ1) is 28.4. The van der Waals surface area contributed by atoms with E-state index < -0.39 is 0 Å². The van der Waals surface area contributed by atoms with Crippen LogP contribution in [0.3, 0.4) is 0 Å². The van der Waals surface area contributed by atoms with Crippen molar-refractivity contribution in [1.29, 1.82) is 0 Å². The molecule has 0 radical (unpaired) electrons. The van der Waals surface area contributed by atoms with Gasteiger partial charge in [-0.25, -0.2) is 0 Å². The van der Waals surface area contributed by atoms with Gasteiger partial charge in [0.1, 0.15) is 0 Å². The molecule has 0 N–H and O–H groups in total. The number of unbranched alkanes of at least 4 members (excludes halogenated alkanes) is 15. The molecule has 1 rings (SSSR count). The Balaban J connectivity index is 2.21. The van der Waals surface area contributed by atoms with Crippen molar-refractivity contribution in [3.05, 3.63) is 0 Å². The smallest absolute Gasteiger partial charge is 0.305 e. The van der Waals surface area contributed by atoms with Crippen LogP contribution in [0.5, 0.6) is 0 Å². The Morgan fingerprint density at radius 3 is 1.58 bits per heavy atom. The minimum atomic E-state index is -0.125. The molecule has 0 spiro atoms. The fourth-order valence-electron chi connectivity index (χ4n) is 7.99. The highest BCUT2D eigenvalue weighted by atomic mass is 16.7. The maximum Gasteiger partial charge on any atom is 0.305 e. The molecule has 59 heavy (non-hydrogen) atoms. The van der Waals surface area contributed by atoms with E-state index in [9.17, 15) is 9.59 Å². The van der Waals surface area contributed by atoms with Crippen LogP contribution in [0.1, 0.15) is 241 Å². The van der Waals surface area contributed by atoms with Gasteiger partial charge in [0.05, 0.1) is 39.1 Å². The van der Waals surface area contributed by atoms with Crippen LogP contribution in [0.15, 0.2) is 0 Å². The summed E-state index contributed by atoms with van der Waals surface area (Å²) in [6.45, 7) is 19.5. The molecule has 8 nitrogen and oxygen atoms in total. The molecule has 3 atom stereocenters. The maximum absolute atomic E-state index is 12.5. The lowest BCUT2D eigenvalue weighted by Crippen LogP contribution is -2.38. The van der Waals surface area contributed by atoms with Crippen molar-refractivity contribution >= 4 is 11.9 Å². The van der Waals surface area contributed by atoms with E-state index >= 15 is 0 Å². The summed E-state index contributed by atoms with van der Waals surface area (Å²) in [6, 6.07) is 0. The summed E-state index contributed by atoms with van der Waals surface area (Å²) < 4.78 is 35.6. The van der Waals surface area contributed by atoms with Crippen molar-refractivity contribution in [3.8, 4) is 0 Å². The second kappa shape index (κ2) is 36.3. The van der Waals surface area contributed by atoms with E-state index in [1.165, 1.54) is 84.2 Å². The van der Waals surface area contributed by atoms with Gasteiger partial charge in [-0.2, -0.15) is 0 Å². The molecular weight excluding hydrogens is 741 g/mol. The molecule has 0 bridgehead atoms. The van der Waals surface area contributed by atoms with Gasteiger partial charge in [0.25, 0.3) is 0 Å². The predicted octanol–water partition coefficient (Wildman–Crippen LogP) is 14.3. The molecule has 0 aromatic rings. The van der Waals surface area contributed by atoms with Gasteiger partial charge in [0.2, 0.25) is 0 Å². The Morgan fingerprint density at radius 1 is 0.559 bits per heavy atom. The van der Waals surface area contributed by atoms with Gasteiger partial charge >= 0.3 is 11.9 Å². The molecular formula is C51H98O8. The molecule has 0 aromatic carbocycles. The van der Waals surface area contributed by atoms with E-state index in [-0.39, 0.29) is 23.6 Å². The molecule has 1 heterocycles. The van der Waals surface area contributed by atoms with Crippen molar-refractivity contribution in [1.82, 2.24) is 0 Å². The van der Waals surface area contributed by atoms with Crippen molar-refractivity contribution < 1.29 is 38.0 Å². The lowest BCUT2D eigenvalue weighted by atomic mass is 9.84. The number of esters is 2. The summed E-state index contributed by atoms with van der Waals surface area (Å²) >= 11 is 0. The number of hydrogen-bond acceptors (Lipinski definition) is 8. The summed E-state index contributed by atoms with van der Waals surface area (Å²) in [7, 11) is 1.44. The first-order valence-corrected chi connectivity index (χ1v) is 25.1. The third-order valence-corrected chi connectivity index (χ3v) is 12.1. The highest BCUT2D eigenvalue weighted by Crippen LogP contribution is 2.31. The second-order valence-electron chi connectivity index (χ2n) is 20.0. The number of carbonyl (C=O) groups is 2. The van der Waals surface area contributed by atoms with E-state index in [1.54, 1.807) is 0 Å². The molecule has 0 aromatic heterocycles. The summed E-state index contributed by atoms with van der Waals surface area (Å²) in [5.41, 5.74) is 0.437. The Hall–Kier alpha value is -1.22. The van der Waals surface area contributed by atoms with E-state index in [1.807, 2.05) is 0 Å². The van der Waals surface area contributed by atoms with Crippen molar-refractivity contribution in [2.75, 3.05) is 40.1 Å². The topological polar surface area (TPSA) is 89.5 Å². The molecule has 350 valence electrons. The quantitative estimate of drug-likeness (QED) is 0.0445. The molecule has 0 amide bonds. The molecule has 0 saturated carbocycles. The number of carbonyl (C=O) groups excluding carboxylic acids is 2. The van der Waals surface area contributed by atoms with Crippen LogP contribution in [0, 0.1) is 16.7 Å². The highest BCUT2D eigenvalue weighted by molar-refractivity contribution is 5.69. The normalized spacial score (nSPS) is 17.9. The van der Waals surface area contributed by atoms with Gasteiger partial charge in [-0.15, -0.1) is 0 Å². The van der Waals surface area contributed by atoms with Crippen LogP contribution in [-0.2, 0) is 38.0 Å². The average Bonchev–Trinajstić information content (AvgIpc) is 3.19. The summed E-state index contributed by atoms with van der Waals surface area (Å²) in [5, 5.41) is 0. The second-order valence-corrected chi connectivity index (χ2v) is 20.0. The van der Waals surface area contributed by atoms with Crippen molar-refractivity contribution in [3.63, 3.8) is 0 Å². The van der Waals surface area contributed by atoms with Gasteiger partial charge in [-0.05, 0) is 94.3 Å². The van der Waals surface area contributed by atoms with E-state index in [0.29, 0.717) is 43.0 Å². The molecule has 1 aliphatic rings. The van der Waals surface area contributed by atoms with Crippen molar-refractivity contribution in [2.45, 2.75) is 260 Å². The van der Waals surface area contributed by atoms with Crippen LogP contribution in [-0.4, -0.2) is 70.6 Å². The molecule has 8 heteroatoms. The highest BCUT2D eigenvalue weighted by Gasteiger charge is 2.29. The fraction of sp³-hybridized carbons (Fsp3) is 0.961. The van der Waals surface area contributed by atoms with Crippen LogP contribution < -0.4 is 0 Å². The predicted molar refractivity (Wildman–Crippen MR) is 245 cm³/mol. The monoisotopic (exact) mass is 839 g/mol. The minimum Gasteiger partial charge on any atom is -0.469 e. The molecule has 3 unspecified atom stereocenters. The van der Waals surface area contributed by atoms with Gasteiger partial charge in [-0.1, -0.05) is 145 Å². The zero-order chi connectivity index (χ0) is 43.5. The first kappa shape index (κ1) is 55.8. The van der Waals surface area contributed by atoms with Crippen molar-refractivity contribution in [2.24, 2.45) is 16.7 Å². The van der Waals surface area contributed by atoms with E-state index in [4.69, 9.17) is 28.4 Å². The maximum atomic E-state index is 12.5. The third kappa shape index (κ3) is 35.0. The molecule has 1 saturated heterocycles. The summed E-state index contributed by atoms with van der Waals surface area (Å²) in [4.78, 5) is 23.7. The van der Waals surface area contributed by atoms with Crippen LogP contribution >= 0.6 is 0 Å². The van der Waals surface area contributed by atoms with Crippen LogP contribution in [0.25, 0.3) is 0 Å². The Morgan fingerprint density at radius 2 is 1.05 bits per heavy atom. The SMILES string of the molecule is CCCCCCCC1CC(CCCCCCC)OC(CCCCC(C)(C)CCOC(=O)CCCCCCOCC(CCC(C)(C)C)COCCCCCCC(=O)OC)O1. The number of ether oxygens (including phenoxy) is 6. The Labute approximate surface area is 365 Å². The lowest BCUT2D eigenvalue weighted by molar-refractivity contribution is -0.247. The number of rotatable bonds is 40. The minimum absolute atomic E-state index is 0.0541. The van der Waals surface area contributed by atoms with Gasteiger partial charge in [0, 0.05) is 32.0 Å². The van der Waals surface area contributed by atoms with Crippen LogP contribution in [0.2, 0.25) is 0 Å². The summed E-state index contributed by atoms with van der Waals surface area (Å²) in [6.07, 6.45) is 33.7. The van der Waals surface area contributed by atoms with Crippen LogP contribution in [0.4, 0.5) is 0 Å². The Bertz CT molecular complexity index is 955. The fourth-order valence-corrected chi connectivity index (χ4v) is 7.99. The van der Waals surface area contributed by atoms with E-state index in [0.717, 1.165) is 129 Å². The number of hydrogen-bond donors (Lipinski definition) is 0.